The molecule has 0 saturated carbocycles. The molecule has 3 aromatic rings. The first-order valence-electron chi connectivity index (χ1n) is 8.55. The minimum atomic E-state index is -3.99. The van der Waals surface area contributed by atoms with Gasteiger partial charge in [0.1, 0.15) is 10.6 Å². The smallest absolute Gasteiger partial charge is 0.339 e. The van der Waals surface area contributed by atoms with Gasteiger partial charge in [-0.15, -0.1) is 0 Å². The number of carbonyl (C=O) groups excluding carboxylic acids is 1. The summed E-state index contributed by atoms with van der Waals surface area (Å²) in [6.07, 6.45) is 1.32. The number of rotatable bonds is 7. The molecule has 1 N–H and O–H groups in total. The number of hydrogen-bond donors (Lipinski definition) is 1. The van der Waals surface area contributed by atoms with Crippen LogP contribution in [0.4, 0.5) is 0 Å². The molecule has 0 saturated heterocycles. The average Bonchev–Trinajstić information content (AvgIpc) is 2.75. The number of ether oxygens (including phenoxy) is 1. The molecule has 8 heteroatoms. The van der Waals surface area contributed by atoms with E-state index in [2.05, 4.69) is 10.5 Å². The maximum atomic E-state index is 12.4. The summed E-state index contributed by atoms with van der Waals surface area (Å²) >= 11 is 0. The van der Waals surface area contributed by atoms with Crippen LogP contribution in [-0.4, -0.2) is 27.6 Å². The molecular formula is C21H18N2O5S. The van der Waals surface area contributed by atoms with Gasteiger partial charge in [0, 0.05) is 11.1 Å². The normalized spacial score (nSPS) is 11.2. The van der Waals surface area contributed by atoms with Crippen LogP contribution in [0.1, 0.15) is 15.9 Å². The Bertz CT molecular complexity index is 1110. The van der Waals surface area contributed by atoms with Crippen LogP contribution in [0, 0.1) is 0 Å². The molecule has 0 spiro atoms. The Labute approximate surface area is 168 Å². The Morgan fingerprint density at radius 3 is 2.28 bits per heavy atom. The van der Waals surface area contributed by atoms with Crippen LogP contribution in [0.3, 0.4) is 0 Å². The zero-order valence-corrected chi connectivity index (χ0v) is 16.3. The second kappa shape index (κ2) is 9.03. The van der Waals surface area contributed by atoms with Crippen molar-refractivity contribution >= 4 is 22.2 Å². The summed E-state index contributed by atoms with van der Waals surface area (Å²) in [4.78, 5) is 12.2. The molecule has 0 radical (unpaired) electrons. The lowest BCUT2D eigenvalue weighted by atomic mass is 10.2. The first-order chi connectivity index (χ1) is 14.0. The van der Waals surface area contributed by atoms with E-state index in [0.717, 1.165) is 0 Å². The van der Waals surface area contributed by atoms with Crippen LogP contribution >= 0.6 is 0 Å². The van der Waals surface area contributed by atoms with Gasteiger partial charge in [0.15, 0.2) is 5.75 Å². The topological polar surface area (TPSA) is 94.1 Å². The molecule has 1 amide bonds. The molecule has 0 heterocycles. The number of hydrazone groups is 1. The van der Waals surface area contributed by atoms with Gasteiger partial charge in [0.2, 0.25) is 0 Å². The van der Waals surface area contributed by atoms with Crippen LogP contribution in [0.25, 0.3) is 0 Å². The molecule has 7 nitrogen and oxygen atoms in total. The van der Waals surface area contributed by atoms with Gasteiger partial charge in [-0.1, -0.05) is 30.3 Å². The number of nitrogens with one attached hydrogen (secondary N) is 1. The second-order valence-corrected chi connectivity index (χ2v) is 7.36. The molecule has 148 valence electrons. The third-order valence-electron chi connectivity index (χ3n) is 3.87. The highest BCUT2D eigenvalue weighted by atomic mass is 32.2. The molecule has 0 aliphatic heterocycles. The molecule has 0 aromatic heterocycles. The van der Waals surface area contributed by atoms with E-state index in [1.165, 1.54) is 31.5 Å². The number of para-hydroxylation sites is 1. The summed E-state index contributed by atoms with van der Waals surface area (Å²) in [5, 5.41) is 3.89. The van der Waals surface area contributed by atoms with E-state index in [9.17, 15) is 13.2 Å². The molecule has 3 aromatic carbocycles. The summed E-state index contributed by atoms with van der Waals surface area (Å²) in [5.41, 5.74) is 3.18. The Morgan fingerprint density at radius 2 is 1.59 bits per heavy atom. The Balaban J connectivity index is 1.72. The molecule has 0 aliphatic rings. The molecule has 0 unspecified atom stereocenters. The van der Waals surface area contributed by atoms with Gasteiger partial charge in [0.05, 0.1) is 13.3 Å². The van der Waals surface area contributed by atoms with Crippen molar-refractivity contribution in [2.24, 2.45) is 5.10 Å². The number of hydrogen-bond acceptors (Lipinski definition) is 6. The average molecular weight is 410 g/mol. The highest BCUT2D eigenvalue weighted by Gasteiger charge is 2.17. The van der Waals surface area contributed by atoms with Crippen LogP contribution in [0.2, 0.25) is 0 Å². The molecule has 0 fully saturated rings. The SMILES string of the molecule is COc1ccc(C(=O)NN=Cc2ccccc2OS(=O)(=O)c2ccccc2)cc1. The first kappa shape index (κ1) is 20.1. The fourth-order valence-electron chi connectivity index (χ4n) is 2.38. The van der Waals surface area contributed by atoms with Gasteiger partial charge in [-0.2, -0.15) is 13.5 Å². The van der Waals surface area contributed by atoms with Crippen LogP contribution in [0.15, 0.2) is 88.9 Å². The number of nitrogens with zero attached hydrogens (tertiary/aromatic N) is 1. The number of carbonyl (C=O) groups is 1. The van der Waals surface area contributed by atoms with Crippen molar-refractivity contribution < 1.29 is 22.1 Å². The van der Waals surface area contributed by atoms with E-state index >= 15 is 0 Å². The quantitative estimate of drug-likeness (QED) is 0.367. The zero-order chi connectivity index (χ0) is 20.7. The summed E-state index contributed by atoms with van der Waals surface area (Å²) in [6, 6.07) is 20.8. The van der Waals surface area contributed by atoms with Gasteiger partial charge in [-0.25, -0.2) is 5.43 Å². The monoisotopic (exact) mass is 410 g/mol. The molecule has 3 rings (SSSR count). The fourth-order valence-corrected chi connectivity index (χ4v) is 3.36. The van der Waals surface area contributed by atoms with Crippen molar-refractivity contribution in [1.29, 1.82) is 0 Å². The van der Waals surface area contributed by atoms with E-state index in [1.807, 2.05) is 0 Å². The summed E-state index contributed by atoms with van der Waals surface area (Å²) in [6.45, 7) is 0. The lowest BCUT2D eigenvalue weighted by Crippen LogP contribution is -2.17. The molecule has 0 bridgehead atoms. The molecule has 29 heavy (non-hydrogen) atoms. The molecular weight excluding hydrogens is 392 g/mol. The van der Waals surface area contributed by atoms with Crippen molar-refractivity contribution in [2.75, 3.05) is 7.11 Å². The van der Waals surface area contributed by atoms with Crippen LogP contribution in [-0.2, 0) is 10.1 Å². The highest BCUT2D eigenvalue weighted by Crippen LogP contribution is 2.21. The van der Waals surface area contributed by atoms with E-state index in [1.54, 1.807) is 60.7 Å². The first-order valence-corrected chi connectivity index (χ1v) is 9.96. The zero-order valence-electron chi connectivity index (χ0n) is 15.5. The predicted molar refractivity (Wildman–Crippen MR) is 109 cm³/mol. The third-order valence-corrected chi connectivity index (χ3v) is 5.12. The number of methoxy groups -OCH3 is 1. The summed E-state index contributed by atoms with van der Waals surface area (Å²) in [7, 11) is -2.45. The summed E-state index contributed by atoms with van der Waals surface area (Å²) in [5.74, 6) is 0.314. The van der Waals surface area contributed by atoms with E-state index in [4.69, 9.17) is 8.92 Å². The highest BCUT2D eigenvalue weighted by molar-refractivity contribution is 7.87. The van der Waals surface area contributed by atoms with Gasteiger partial charge in [-0.3, -0.25) is 4.79 Å². The standard InChI is InChI=1S/C21H18N2O5S/c1-27-18-13-11-16(12-14-18)21(24)23-22-15-17-7-5-6-10-20(17)28-29(25,26)19-8-3-2-4-9-19/h2-15H,1H3,(H,23,24). The number of amides is 1. The number of benzene rings is 3. The Kier molecular flexibility index (Phi) is 6.25. The van der Waals surface area contributed by atoms with Crippen molar-refractivity contribution in [3.05, 3.63) is 90.0 Å². The van der Waals surface area contributed by atoms with Crippen molar-refractivity contribution in [2.45, 2.75) is 4.90 Å². The minimum absolute atomic E-state index is 0.0413. The molecule has 0 atom stereocenters. The van der Waals surface area contributed by atoms with Gasteiger partial charge >= 0.3 is 10.1 Å². The Hall–Kier alpha value is -3.65. The van der Waals surface area contributed by atoms with Crippen molar-refractivity contribution in [3.63, 3.8) is 0 Å². The lowest BCUT2D eigenvalue weighted by Gasteiger charge is -2.09. The van der Waals surface area contributed by atoms with Crippen molar-refractivity contribution in [1.82, 2.24) is 5.43 Å². The van der Waals surface area contributed by atoms with Crippen molar-refractivity contribution in [3.8, 4) is 11.5 Å². The summed E-state index contributed by atoms with van der Waals surface area (Å²) < 4.78 is 35.1. The van der Waals surface area contributed by atoms with Crippen LogP contribution < -0.4 is 14.3 Å². The predicted octanol–water partition coefficient (Wildman–Crippen LogP) is 3.23. The maximum absolute atomic E-state index is 12.4. The maximum Gasteiger partial charge on any atom is 0.339 e. The largest absolute Gasteiger partial charge is 0.497 e. The third kappa shape index (κ3) is 5.20. The second-order valence-electron chi connectivity index (χ2n) is 5.82. The van der Waals surface area contributed by atoms with E-state index < -0.39 is 16.0 Å². The van der Waals surface area contributed by atoms with Gasteiger partial charge in [0.25, 0.3) is 5.91 Å². The van der Waals surface area contributed by atoms with E-state index in [-0.39, 0.29) is 10.6 Å². The van der Waals surface area contributed by atoms with E-state index in [0.29, 0.717) is 16.9 Å². The Morgan fingerprint density at radius 1 is 0.931 bits per heavy atom. The fraction of sp³-hybridized carbons (Fsp3) is 0.0476. The van der Waals surface area contributed by atoms with Gasteiger partial charge in [-0.05, 0) is 48.5 Å². The lowest BCUT2D eigenvalue weighted by molar-refractivity contribution is 0.0955. The molecule has 0 aliphatic carbocycles. The minimum Gasteiger partial charge on any atom is -0.497 e. The van der Waals surface area contributed by atoms with Crippen LogP contribution in [0.5, 0.6) is 11.5 Å². The van der Waals surface area contributed by atoms with Gasteiger partial charge < -0.3 is 8.92 Å².